The first kappa shape index (κ1) is 19.6. The van der Waals surface area contributed by atoms with Gasteiger partial charge >= 0.3 is 0 Å². The highest BCUT2D eigenvalue weighted by atomic mass is 16.6. The summed E-state index contributed by atoms with van der Waals surface area (Å²) < 4.78 is 6.85. The number of carbonyl (C=O) groups excluding carboxylic acids is 1. The van der Waals surface area contributed by atoms with E-state index in [2.05, 4.69) is 19.9 Å². The Bertz CT molecular complexity index is 951. The molecule has 3 aromatic rings. The van der Waals surface area contributed by atoms with Gasteiger partial charge in [-0.15, -0.1) is 0 Å². The van der Waals surface area contributed by atoms with E-state index in [9.17, 15) is 15.0 Å². The summed E-state index contributed by atoms with van der Waals surface area (Å²) in [5.74, 6) is -0.224. The van der Waals surface area contributed by atoms with Crippen molar-refractivity contribution in [3.8, 4) is 0 Å². The molecular weight excluding hydrogens is 370 g/mol. The zero-order chi connectivity index (χ0) is 20.3. The maximum absolute atomic E-state index is 10.4. The van der Waals surface area contributed by atoms with Crippen molar-refractivity contribution < 1.29 is 24.9 Å². The molecule has 1 amide bonds. The fourth-order valence-corrected chi connectivity index (χ4v) is 2.67. The molecule has 3 aromatic heterocycles. The smallest absolute Gasteiger partial charge is 0.250 e. The van der Waals surface area contributed by atoms with Crippen LogP contribution in [0, 0.1) is 0 Å². The van der Waals surface area contributed by atoms with Gasteiger partial charge in [0.15, 0.2) is 17.7 Å². The quantitative estimate of drug-likeness (QED) is 0.341. The summed E-state index contributed by atoms with van der Waals surface area (Å²) in [4.78, 5) is 26.0. The van der Waals surface area contributed by atoms with Crippen molar-refractivity contribution in [2.75, 3.05) is 12.3 Å². The zero-order valence-corrected chi connectivity index (χ0v) is 14.5. The lowest BCUT2D eigenvalue weighted by Crippen LogP contribution is -2.33. The number of aromatic nitrogens is 5. The Balaban J connectivity index is 0.000000211. The van der Waals surface area contributed by atoms with Crippen molar-refractivity contribution in [1.29, 1.82) is 0 Å². The monoisotopic (exact) mass is 389 g/mol. The van der Waals surface area contributed by atoms with Crippen molar-refractivity contribution >= 4 is 22.9 Å². The number of aliphatic hydroxyl groups is 3. The predicted octanol–water partition coefficient (Wildman–Crippen LogP) is -1.80. The minimum atomic E-state index is -1.19. The maximum atomic E-state index is 10.4. The largest absolute Gasteiger partial charge is 0.394 e. The molecule has 0 aromatic carbocycles. The Morgan fingerprint density at radius 1 is 1.25 bits per heavy atom. The van der Waals surface area contributed by atoms with Gasteiger partial charge in [-0.25, -0.2) is 15.0 Å². The molecule has 4 heterocycles. The van der Waals surface area contributed by atoms with Crippen LogP contribution in [-0.2, 0) is 4.74 Å². The molecular formula is C16H19N7O5. The normalized spacial score (nSPS) is 24.0. The van der Waals surface area contributed by atoms with Gasteiger partial charge in [-0.3, -0.25) is 14.3 Å². The fraction of sp³-hybridized carbons (Fsp3) is 0.312. The Morgan fingerprint density at radius 2 is 2.04 bits per heavy atom. The van der Waals surface area contributed by atoms with E-state index in [4.69, 9.17) is 21.3 Å². The van der Waals surface area contributed by atoms with Gasteiger partial charge in [0.2, 0.25) is 5.91 Å². The van der Waals surface area contributed by atoms with Crippen LogP contribution in [0.15, 0.2) is 37.2 Å². The van der Waals surface area contributed by atoms with E-state index in [1.807, 2.05) is 0 Å². The molecule has 1 fully saturated rings. The van der Waals surface area contributed by atoms with Crippen LogP contribution in [0.4, 0.5) is 5.82 Å². The van der Waals surface area contributed by atoms with Gasteiger partial charge in [-0.05, 0) is 12.1 Å². The number of ether oxygens (including phenoxy) is 1. The number of hydrogen-bond donors (Lipinski definition) is 5. The number of aliphatic hydroxyl groups excluding tert-OH is 3. The number of nitrogen functional groups attached to an aromatic ring is 1. The molecule has 148 valence electrons. The summed E-state index contributed by atoms with van der Waals surface area (Å²) in [5, 5.41) is 28.7. The van der Waals surface area contributed by atoms with Crippen LogP contribution < -0.4 is 11.5 Å². The average molecular weight is 389 g/mol. The van der Waals surface area contributed by atoms with Crippen molar-refractivity contribution in [2.24, 2.45) is 5.73 Å². The highest BCUT2D eigenvalue weighted by Gasteiger charge is 2.43. The second kappa shape index (κ2) is 8.22. The van der Waals surface area contributed by atoms with Crippen LogP contribution in [0.3, 0.4) is 0 Å². The molecule has 4 atom stereocenters. The Morgan fingerprint density at radius 3 is 2.61 bits per heavy atom. The third-order valence-electron chi connectivity index (χ3n) is 4.12. The van der Waals surface area contributed by atoms with Crippen LogP contribution in [0.25, 0.3) is 11.2 Å². The number of carbonyl (C=O) groups is 1. The maximum Gasteiger partial charge on any atom is 0.250 e. The summed E-state index contributed by atoms with van der Waals surface area (Å²) in [6.07, 6.45) is 1.60. The van der Waals surface area contributed by atoms with Gasteiger partial charge in [-0.1, -0.05) is 0 Å². The fourth-order valence-electron chi connectivity index (χ4n) is 2.67. The second-order valence-corrected chi connectivity index (χ2v) is 5.92. The molecule has 1 aliphatic heterocycles. The first-order valence-electron chi connectivity index (χ1n) is 8.19. The van der Waals surface area contributed by atoms with Gasteiger partial charge in [0, 0.05) is 12.4 Å². The second-order valence-electron chi connectivity index (χ2n) is 5.92. The molecule has 0 radical (unpaired) electrons. The summed E-state index contributed by atoms with van der Waals surface area (Å²) in [7, 11) is 0. The van der Waals surface area contributed by atoms with Crippen molar-refractivity contribution in [1.82, 2.24) is 24.5 Å². The highest BCUT2D eigenvalue weighted by Crippen LogP contribution is 2.31. The van der Waals surface area contributed by atoms with Crippen LogP contribution in [0.2, 0.25) is 0 Å². The lowest BCUT2D eigenvalue weighted by molar-refractivity contribution is -0.0511. The van der Waals surface area contributed by atoms with Gasteiger partial charge in [0.1, 0.15) is 30.2 Å². The van der Waals surface area contributed by atoms with Gasteiger partial charge in [0.25, 0.3) is 0 Å². The molecule has 1 aliphatic rings. The summed E-state index contributed by atoms with van der Waals surface area (Å²) in [5.41, 5.74) is 11.8. The first-order chi connectivity index (χ1) is 13.4. The number of primary amides is 1. The van der Waals surface area contributed by atoms with E-state index >= 15 is 0 Å². The molecule has 4 rings (SSSR count). The van der Waals surface area contributed by atoms with Gasteiger partial charge in [-0.2, -0.15) is 0 Å². The number of nitrogens with zero attached hydrogens (tertiary/aromatic N) is 5. The molecule has 1 unspecified atom stereocenters. The SMILES string of the molecule is NC(=O)c1cccnc1.Nc1ncnc2c1ncn2C1O[C@H](CO)[C@@H](O)[C@@H]1O. The topological polar surface area (TPSA) is 196 Å². The Kier molecular flexibility index (Phi) is 5.75. The molecule has 0 spiro atoms. The average Bonchev–Trinajstić information content (AvgIpc) is 3.25. The lowest BCUT2D eigenvalue weighted by Gasteiger charge is -2.16. The van der Waals surface area contributed by atoms with Crippen molar-refractivity contribution in [3.63, 3.8) is 0 Å². The van der Waals surface area contributed by atoms with E-state index in [1.54, 1.807) is 18.3 Å². The Labute approximate surface area is 158 Å². The number of nitrogens with two attached hydrogens (primary N) is 2. The van der Waals surface area contributed by atoms with E-state index in [-0.39, 0.29) is 5.82 Å². The Hall–Kier alpha value is -3.19. The van der Waals surface area contributed by atoms with Gasteiger partial charge < -0.3 is 31.5 Å². The third-order valence-corrected chi connectivity index (χ3v) is 4.12. The number of pyridine rings is 1. The van der Waals surface area contributed by atoms with Crippen LogP contribution >= 0.6 is 0 Å². The van der Waals surface area contributed by atoms with E-state index in [1.165, 1.54) is 23.4 Å². The number of amides is 1. The molecule has 7 N–H and O–H groups in total. The number of imidazole rings is 1. The number of anilines is 1. The summed E-state index contributed by atoms with van der Waals surface area (Å²) in [6.45, 7) is -0.390. The van der Waals surface area contributed by atoms with Crippen molar-refractivity contribution in [3.05, 3.63) is 42.7 Å². The number of rotatable bonds is 3. The predicted molar refractivity (Wildman–Crippen MR) is 95.5 cm³/mol. The minimum Gasteiger partial charge on any atom is -0.394 e. The van der Waals surface area contributed by atoms with Crippen LogP contribution in [0.1, 0.15) is 16.6 Å². The number of hydrogen-bond acceptors (Lipinski definition) is 10. The van der Waals surface area contributed by atoms with Crippen LogP contribution in [-0.4, -0.2) is 70.6 Å². The summed E-state index contributed by atoms with van der Waals surface area (Å²) in [6, 6.07) is 3.29. The number of fused-ring (bicyclic) bond motifs is 1. The van der Waals surface area contributed by atoms with E-state index in [0.29, 0.717) is 16.7 Å². The standard InChI is InChI=1S/C10H13N5O4.C6H6N2O/c11-8-5-9(13-2-12-8)15(3-14-5)10-7(18)6(17)4(1-16)19-10;7-6(9)5-2-1-3-8-4-5/h2-4,6-7,10,16-18H,1H2,(H2,11,12,13);1-4H,(H2,7,9)/t4-,6-,7+,10?;/m1./s1. The highest BCUT2D eigenvalue weighted by molar-refractivity contribution is 5.92. The first-order valence-corrected chi connectivity index (χ1v) is 8.19. The zero-order valence-electron chi connectivity index (χ0n) is 14.5. The van der Waals surface area contributed by atoms with E-state index in [0.717, 1.165) is 0 Å². The van der Waals surface area contributed by atoms with Gasteiger partial charge in [0.05, 0.1) is 18.5 Å². The minimum absolute atomic E-state index is 0.218. The van der Waals surface area contributed by atoms with E-state index < -0.39 is 37.1 Å². The lowest BCUT2D eigenvalue weighted by atomic mass is 10.1. The molecule has 0 bridgehead atoms. The molecule has 28 heavy (non-hydrogen) atoms. The molecule has 0 saturated carbocycles. The molecule has 12 nitrogen and oxygen atoms in total. The van der Waals surface area contributed by atoms with Crippen molar-refractivity contribution in [2.45, 2.75) is 24.5 Å². The van der Waals surface area contributed by atoms with Crippen LogP contribution in [0.5, 0.6) is 0 Å². The molecule has 12 heteroatoms. The third kappa shape index (κ3) is 3.75. The molecule has 0 aliphatic carbocycles. The molecule has 1 saturated heterocycles. The summed E-state index contributed by atoms with van der Waals surface area (Å²) >= 11 is 0.